The van der Waals surface area contributed by atoms with Gasteiger partial charge in [-0.15, -0.1) is 0 Å². The summed E-state index contributed by atoms with van der Waals surface area (Å²) in [6, 6.07) is 1.33. The van der Waals surface area contributed by atoms with Gasteiger partial charge in [0.25, 0.3) is 0 Å². The molecule has 4 fully saturated rings. The van der Waals surface area contributed by atoms with Gasteiger partial charge in [-0.05, 0) is 44.4 Å². The number of hydrogen-bond donors (Lipinski definition) is 2. The van der Waals surface area contributed by atoms with E-state index in [-0.39, 0.29) is 54.1 Å². The number of nitrogens with one attached hydrogen (secondary N) is 1. The Morgan fingerprint density at radius 3 is 2.84 bits per heavy atom. The van der Waals surface area contributed by atoms with Gasteiger partial charge in [0.1, 0.15) is 47.5 Å². The van der Waals surface area contributed by atoms with Crippen LogP contribution in [0.4, 0.5) is 27.8 Å². The molecule has 2 bridgehead atoms. The summed E-state index contributed by atoms with van der Waals surface area (Å²) in [5, 5.41) is 13.0. The van der Waals surface area contributed by atoms with Gasteiger partial charge in [-0.25, -0.2) is 13.8 Å². The lowest BCUT2D eigenvalue weighted by Crippen LogP contribution is -2.60. The van der Waals surface area contributed by atoms with Crippen molar-refractivity contribution in [2.75, 3.05) is 37.7 Å². The molecule has 5 atom stereocenters. The molecule has 44 heavy (non-hydrogen) atoms. The monoisotopic (exact) mass is 638 g/mol. The van der Waals surface area contributed by atoms with Crippen molar-refractivity contribution in [1.82, 2.24) is 25.2 Å². The van der Waals surface area contributed by atoms with Gasteiger partial charge >= 0.3 is 12.2 Å². The quantitative estimate of drug-likeness (QED) is 0.388. The van der Waals surface area contributed by atoms with E-state index in [0.717, 1.165) is 44.4 Å². The molecule has 2 N–H and O–H groups in total. The third-order valence-electron chi connectivity index (χ3n) is 9.78. The number of fused-ring (bicyclic) bond motifs is 6. The molecule has 8 rings (SSSR count). The number of pyridine rings is 1. The average Bonchev–Trinajstić information content (AvgIpc) is 3.59. The van der Waals surface area contributed by atoms with E-state index in [2.05, 4.69) is 20.2 Å². The largest absolute Gasteiger partial charge is 0.508 e. The topological polar surface area (TPSA) is 95.9 Å². The highest BCUT2D eigenvalue weighted by atomic mass is 35.5. The first kappa shape index (κ1) is 28.3. The summed E-state index contributed by atoms with van der Waals surface area (Å²) in [5.74, 6) is -1.58. The number of alkyl halides is 4. The van der Waals surface area contributed by atoms with E-state index in [1.807, 2.05) is 4.90 Å². The molecular weight excluding hydrogens is 611 g/mol. The zero-order valence-corrected chi connectivity index (χ0v) is 24.1. The summed E-state index contributed by atoms with van der Waals surface area (Å²) in [6.07, 6.45) is -2.22. The van der Waals surface area contributed by atoms with Gasteiger partial charge < -0.3 is 24.8 Å². The maximum absolute atomic E-state index is 16.6. The van der Waals surface area contributed by atoms with Gasteiger partial charge in [-0.3, -0.25) is 4.90 Å². The first-order valence-corrected chi connectivity index (χ1v) is 15.1. The summed E-state index contributed by atoms with van der Waals surface area (Å²) < 4.78 is 85.8. The Morgan fingerprint density at radius 2 is 2.02 bits per heavy atom. The average molecular weight is 639 g/mol. The Bertz CT molecular complexity index is 1680. The highest BCUT2D eigenvalue weighted by molar-refractivity contribution is 6.32. The van der Waals surface area contributed by atoms with E-state index < -0.39 is 51.3 Å². The number of halogens is 6. The number of benzene rings is 1. The molecule has 0 amide bonds. The molecule has 9 nitrogen and oxygen atoms in total. The lowest BCUT2D eigenvalue weighted by atomic mass is 9.95. The van der Waals surface area contributed by atoms with Gasteiger partial charge in [0.15, 0.2) is 5.82 Å². The van der Waals surface area contributed by atoms with E-state index in [0.29, 0.717) is 25.3 Å². The van der Waals surface area contributed by atoms with Crippen molar-refractivity contribution >= 4 is 28.3 Å². The fraction of sp³-hybridized carbons (Fsp3) is 0.552. The van der Waals surface area contributed by atoms with Crippen molar-refractivity contribution < 1.29 is 36.5 Å². The highest BCUT2D eigenvalue weighted by Gasteiger charge is 2.50. The number of aromatic nitrogens is 3. The van der Waals surface area contributed by atoms with E-state index in [9.17, 15) is 22.7 Å². The number of ether oxygens (including phenoxy) is 2. The van der Waals surface area contributed by atoms with Crippen molar-refractivity contribution in [2.24, 2.45) is 0 Å². The summed E-state index contributed by atoms with van der Waals surface area (Å²) >= 11 is 5.93. The van der Waals surface area contributed by atoms with Crippen LogP contribution in [0.2, 0.25) is 5.02 Å². The zero-order valence-electron chi connectivity index (χ0n) is 23.3. The number of aromatic hydroxyl groups is 1. The molecule has 5 aliphatic rings. The van der Waals surface area contributed by atoms with Crippen LogP contribution in [0, 0.1) is 5.82 Å². The van der Waals surface area contributed by atoms with E-state index in [4.69, 9.17) is 26.1 Å². The van der Waals surface area contributed by atoms with Crippen molar-refractivity contribution in [3.05, 3.63) is 28.5 Å². The fourth-order valence-corrected chi connectivity index (χ4v) is 8.20. The molecule has 0 aliphatic carbocycles. The van der Waals surface area contributed by atoms with Crippen LogP contribution in [0.15, 0.2) is 12.1 Å². The second-order valence-corrected chi connectivity index (χ2v) is 12.8. The lowest BCUT2D eigenvalue weighted by Gasteiger charge is -2.40. The Hall–Kier alpha value is -3.23. The number of phenols is 1. The van der Waals surface area contributed by atoms with Crippen LogP contribution in [0.25, 0.3) is 22.2 Å². The van der Waals surface area contributed by atoms with Crippen LogP contribution in [-0.4, -0.2) is 87.6 Å². The maximum atomic E-state index is 16.6. The minimum atomic E-state index is -4.99. The smallest absolute Gasteiger partial charge is 0.418 e. The molecule has 2 aromatic heterocycles. The molecule has 3 aromatic rings. The number of nitrogens with zero attached hydrogens (tertiary/aromatic N) is 5. The van der Waals surface area contributed by atoms with Gasteiger partial charge in [-0.2, -0.15) is 23.1 Å². The molecule has 0 radical (unpaired) electrons. The standard InChI is InChI=1S/C29H28ClF5N6O3/c30-17-7-15(42)6-16(21(17)29(33,34)35)23-22(32)24-20-25(41-10-14-2-3-18(36-14)19(41)11-43-26(20)37-23)39-27(38-24)44-12-28-4-1-5-40(28)9-13(31)8-28/h6-7,13-14,18-19,36,42H,1-5,8-12H2/t13-,14+,18-,19+,28+/m1/s1. The van der Waals surface area contributed by atoms with Gasteiger partial charge in [0.05, 0.1) is 22.2 Å². The Labute approximate surface area is 253 Å². The minimum absolute atomic E-state index is 0.0504. The molecule has 5 aliphatic heterocycles. The summed E-state index contributed by atoms with van der Waals surface area (Å²) in [6.45, 7) is 1.80. The zero-order chi connectivity index (χ0) is 30.5. The first-order valence-electron chi connectivity index (χ1n) is 14.7. The highest BCUT2D eigenvalue weighted by Crippen LogP contribution is 2.48. The van der Waals surface area contributed by atoms with Crippen LogP contribution in [0.1, 0.15) is 37.7 Å². The minimum Gasteiger partial charge on any atom is -0.508 e. The lowest BCUT2D eigenvalue weighted by molar-refractivity contribution is -0.137. The molecule has 1 aromatic carbocycles. The third kappa shape index (κ3) is 4.35. The number of rotatable bonds is 4. The maximum Gasteiger partial charge on any atom is 0.418 e. The Morgan fingerprint density at radius 1 is 1.18 bits per heavy atom. The van der Waals surface area contributed by atoms with Crippen LogP contribution in [0.3, 0.4) is 0 Å². The normalized spacial score (nSPS) is 29.5. The van der Waals surface area contributed by atoms with Gasteiger partial charge in [0.2, 0.25) is 5.88 Å². The van der Waals surface area contributed by atoms with Crippen molar-refractivity contribution in [2.45, 2.75) is 68.1 Å². The molecular formula is C29H28ClF5N6O3. The number of anilines is 1. The van der Waals surface area contributed by atoms with Crippen LogP contribution >= 0.6 is 11.6 Å². The van der Waals surface area contributed by atoms with Crippen molar-refractivity contribution in [3.63, 3.8) is 0 Å². The second-order valence-electron chi connectivity index (χ2n) is 12.4. The molecule has 7 heterocycles. The Kier molecular flexibility index (Phi) is 6.35. The summed E-state index contributed by atoms with van der Waals surface area (Å²) in [7, 11) is 0. The molecule has 0 unspecified atom stereocenters. The molecule has 0 saturated carbocycles. The number of piperazine rings is 1. The second kappa shape index (κ2) is 9.88. The third-order valence-corrected chi connectivity index (χ3v) is 10.1. The number of phenolic OH excluding ortho intramolecular Hbond substituents is 1. The Balaban J connectivity index is 1.31. The molecule has 4 saturated heterocycles. The number of hydrogen-bond acceptors (Lipinski definition) is 9. The predicted molar refractivity (Wildman–Crippen MR) is 150 cm³/mol. The molecule has 234 valence electrons. The van der Waals surface area contributed by atoms with Crippen molar-refractivity contribution in [1.29, 1.82) is 0 Å². The van der Waals surface area contributed by atoms with Gasteiger partial charge in [-0.1, -0.05) is 11.6 Å². The van der Waals surface area contributed by atoms with E-state index in [1.54, 1.807) is 0 Å². The molecule has 0 spiro atoms. The van der Waals surface area contributed by atoms with E-state index >= 15 is 4.39 Å². The fourth-order valence-electron chi connectivity index (χ4n) is 7.88. The van der Waals surface area contributed by atoms with Gasteiger partial charge in [0, 0.05) is 37.2 Å². The van der Waals surface area contributed by atoms with Crippen molar-refractivity contribution in [3.8, 4) is 28.9 Å². The SMILES string of the molecule is Oc1cc(Cl)c(C(F)(F)F)c(-c2nc3c4c(nc(OC[C@@]56CCCN5C[C@H](F)C6)nc4c2F)N2C[C@@H]4CC[C@@H](N4)[C@@H]2CO3)c1. The summed E-state index contributed by atoms with van der Waals surface area (Å²) in [5.41, 5.74) is -3.70. The summed E-state index contributed by atoms with van der Waals surface area (Å²) in [4.78, 5) is 17.4. The van der Waals surface area contributed by atoms with Crippen LogP contribution in [-0.2, 0) is 6.18 Å². The first-order chi connectivity index (χ1) is 21.0. The van der Waals surface area contributed by atoms with Crippen LogP contribution < -0.4 is 19.7 Å². The molecule has 15 heteroatoms. The predicted octanol–water partition coefficient (Wildman–Crippen LogP) is 4.87. The van der Waals surface area contributed by atoms with Crippen LogP contribution in [0.5, 0.6) is 17.6 Å². The van der Waals surface area contributed by atoms with E-state index in [1.165, 1.54) is 0 Å².